The normalized spacial score (nSPS) is 9.50. The zero-order valence-corrected chi connectivity index (χ0v) is 9.25. The highest BCUT2D eigenvalue weighted by molar-refractivity contribution is 9.10. The van der Waals surface area contributed by atoms with Crippen molar-refractivity contribution in [1.29, 1.82) is 0 Å². The average molecular weight is 255 g/mol. The average Bonchev–Trinajstić information content (AvgIpc) is 2.21. The Hall–Kier alpha value is -0.980. The van der Waals surface area contributed by atoms with Crippen LogP contribution in [0.15, 0.2) is 22.7 Å². The first-order valence-electron chi connectivity index (χ1n) is 4.23. The van der Waals surface area contributed by atoms with Gasteiger partial charge in [0.15, 0.2) is 0 Å². The Morgan fingerprint density at radius 3 is 2.93 bits per heavy atom. The molecule has 0 saturated carbocycles. The third-order valence-electron chi connectivity index (χ3n) is 1.70. The number of aliphatic hydroxyl groups is 1. The second-order valence-corrected chi connectivity index (χ2v) is 3.57. The van der Waals surface area contributed by atoms with Gasteiger partial charge in [0.2, 0.25) is 0 Å². The lowest BCUT2D eigenvalue weighted by Crippen LogP contribution is -1.96. The molecule has 0 amide bonds. The van der Waals surface area contributed by atoms with Gasteiger partial charge in [-0.1, -0.05) is 15.9 Å². The van der Waals surface area contributed by atoms with Crippen LogP contribution < -0.4 is 4.74 Å². The first-order valence-corrected chi connectivity index (χ1v) is 5.02. The molecule has 0 radical (unpaired) electrons. The highest BCUT2D eigenvalue weighted by Gasteiger charge is 2.00. The summed E-state index contributed by atoms with van der Waals surface area (Å²) in [5.41, 5.74) is 0.809. The molecule has 74 valence electrons. The summed E-state index contributed by atoms with van der Waals surface area (Å²) in [4.78, 5) is 0. The summed E-state index contributed by atoms with van der Waals surface area (Å²) in [5.74, 6) is 3.22. The van der Waals surface area contributed by atoms with E-state index in [2.05, 4.69) is 21.9 Å². The summed E-state index contributed by atoms with van der Waals surface area (Å²) in [5, 5.41) is 9.00. The maximum Gasteiger partial charge on any atom is 0.119 e. The summed E-state index contributed by atoms with van der Waals surface area (Å²) in [6.45, 7) is 0.496. The second-order valence-electron chi connectivity index (χ2n) is 2.71. The van der Waals surface area contributed by atoms with Crippen LogP contribution in [0.2, 0.25) is 0 Å². The summed E-state index contributed by atoms with van der Waals surface area (Å²) in [7, 11) is 0. The third-order valence-corrected chi connectivity index (χ3v) is 2.48. The standard InChI is InChI=1S/C11H11BrO2/c1-2-3-6-14-10-4-5-11(12)9(7-10)8-13/h1,4-5,7,13H,3,6,8H2. The number of benzene rings is 1. The molecule has 1 aromatic rings. The lowest BCUT2D eigenvalue weighted by molar-refractivity contribution is 0.278. The summed E-state index contributed by atoms with van der Waals surface area (Å²) >= 11 is 3.32. The molecule has 0 atom stereocenters. The Labute approximate surface area is 92.0 Å². The van der Waals surface area contributed by atoms with E-state index in [1.807, 2.05) is 12.1 Å². The van der Waals surface area contributed by atoms with E-state index in [9.17, 15) is 0 Å². The van der Waals surface area contributed by atoms with E-state index < -0.39 is 0 Å². The number of rotatable bonds is 4. The molecule has 0 bridgehead atoms. The van der Waals surface area contributed by atoms with Crippen LogP contribution in [0, 0.1) is 12.3 Å². The minimum absolute atomic E-state index is 0.00702. The van der Waals surface area contributed by atoms with Gasteiger partial charge >= 0.3 is 0 Å². The van der Waals surface area contributed by atoms with Crippen LogP contribution in [0.1, 0.15) is 12.0 Å². The van der Waals surface area contributed by atoms with Gasteiger partial charge in [-0.2, -0.15) is 0 Å². The number of ether oxygens (including phenoxy) is 1. The largest absolute Gasteiger partial charge is 0.493 e. The van der Waals surface area contributed by atoms with Gasteiger partial charge in [-0.25, -0.2) is 0 Å². The van der Waals surface area contributed by atoms with E-state index in [1.165, 1.54) is 0 Å². The number of hydrogen-bond acceptors (Lipinski definition) is 2. The van der Waals surface area contributed by atoms with Crippen molar-refractivity contribution in [3.8, 4) is 18.1 Å². The molecule has 14 heavy (non-hydrogen) atoms. The van der Waals surface area contributed by atoms with Crippen LogP contribution in [-0.2, 0) is 6.61 Å². The minimum Gasteiger partial charge on any atom is -0.493 e. The van der Waals surface area contributed by atoms with Gasteiger partial charge in [-0.05, 0) is 23.8 Å². The van der Waals surface area contributed by atoms with Crippen molar-refractivity contribution in [2.75, 3.05) is 6.61 Å². The number of hydrogen-bond donors (Lipinski definition) is 1. The fourth-order valence-corrected chi connectivity index (χ4v) is 1.36. The Bertz CT molecular complexity index is 342. The molecule has 1 aromatic carbocycles. The lowest BCUT2D eigenvalue weighted by Gasteiger charge is -2.06. The molecule has 0 saturated heterocycles. The Balaban J connectivity index is 2.65. The highest BCUT2D eigenvalue weighted by atomic mass is 79.9. The van der Waals surface area contributed by atoms with E-state index in [0.29, 0.717) is 13.0 Å². The van der Waals surface area contributed by atoms with E-state index in [-0.39, 0.29) is 6.61 Å². The smallest absolute Gasteiger partial charge is 0.119 e. The van der Waals surface area contributed by atoms with Crippen LogP contribution in [0.3, 0.4) is 0 Å². The predicted octanol–water partition coefficient (Wildman–Crippen LogP) is 2.34. The molecule has 2 nitrogen and oxygen atoms in total. The minimum atomic E-state index is -0.00702. The summed E-state index contributed by atoms with van der Waals surface area (Å²) in [6.07, 6.45) is 5.68. The molecule has 0 aliphatic heterocycles. The van der Waals surface area contributed by atoms with Crippen LogP contribution in [-0.4, -0.2) is 11.7 Å². The van der Waals surface area contributed by atoms with Gasteiger partial charge in [-0.3, -0.25) is 0 Å². The van der Waals surface area contributed by atoms with Crippen molar-refractivity contribution in [1.82, 2.24) is 0 Å². The molecule has 0 spiro atoms. The number of terminal acetylenes is 1. The quantitative estimate of drug-likeness (QED) is 0.661. The monoisotopic (exact) mass is 254 g/mol. The van der Waals surface area contributed by atoms with Gasteiger partial charge in [0.1, 0.15) is 5.75 Å². The first kappa shape index (κ1) is 11.1. The maximum atomic E-state index is 9.00. The molecular weight excluding hydrogens is 244 g/mol. The topological polar surface area (TPSA) is 29.5 Å². The second kappa shape index (κ2) is 5.69. The van der Waals surface area contributed by atoms with Crippen molar-refractivity contribution in [2.45, 2.75) is 13.0 Å². The number of halogens is 1. The molecule has 1 N–H and O–H groups in total. The molecule has 0 aromatic heterocycles. The third kappa shape index (κ3) is 3.06. The van der Waals surface area contributed by atoms with Gasteiger partial charge in [0, 0.05) is 10.9 Å². The van der Waals surface area contributed by atoms with E-state index in [4.69, 9.17) is 16.3 Å². The van der Waals surface area contributed by atoms with E-state index >= 15 is 0 Å². The van der Waals surface area contributed by atoms with Crippen molar-refractivity contribution < 1.29 is 9.84 Å². The van der Waals surface area contributed by atoms with Crippen LogP contribution in [0.25, 0.3) is 0 Å². The van der Waals surface area contributed by atoms with Gasteiger partial charge in [0.25, 0.3) is 0 Å². The summed E-state index contributed by atoms with van der Waals surface area (Å²) < 4.78 is 6.25. The maximum absolute atomic E-state index is 9.00. The first-order chi connectivity index (χ1) is 6.77. The van der Waals surface area contributed by atoms with Crippen molar-refractivity contribution in [3.05, 3.63) is 28.2 Å². The fourth-order valence-electron chi connectivity index (χ4n) is 0.990. The van der Waals surface area contributed by atoms with Gasteiger partial charge in [-0.15, -0.1) is 12.3 Å². The molecule has 3 heteroatoms. The zero-order chi connectivity index (χ0) is 10.4. The fraction of sp³-hybridized carbons (Fsp3) is 0.273. The molecule has 0 aliphatic carbocycles. The Morgan fingerprint density at radius 2 is 2.29 bits per heavy atom. The predicted molar refractivity (Wildman–Crippen MR) is 59.0 cm³/mol. The van der Waals surface area contributed by atoms with Crippen molar-refractivity contribution in [3.63, 3.8) is 0 Å². The molecule has 0 aliphatic rings. The summed E-state index contributed by atoms with van der Waals surface area (Å²) in [6, 6.07) is 5.47. The highest BCUT2D eigenvalue weighted by Crippen LogP contribution is 2.22. The SMILES string of the molecule is C#CCCOc1ccc(Br)c(CO)c1. The van der Waals surface area contributed by atoms with Crippen LogP contribution in [0.5, 0.6) is 5.75 Å². The Kier molecular flexibility index (Phi) is 4.51. The molecule has 1 rings (SSSR count). The lowest BCUT2D eigenvalue weighted by atomic mass is 10.2. The van der Waals surface area contributed by atoms with Crippen molar-refractivity contribution in [2.24, 2.45) is 0 Å². The van der Waals surface area contributed by atoms with Crippen molar-refractivity contribution >= 4 is 15.9 Å². The number of aliphatic hydroxyl groups excluding tert-OH is 1. The molecule has 0 fully saturated rings. The van der Waals surface area contributed by atoms with Crippen LogP contribution >= 0.6 is 15.9 Å². The van der Waals surface area contributed by atoms with E-state index in [1.54, 1.807) is 6.07 Å². The molecular formula is C11H11BrO2. The van der Waals surface area contributed by atoms with E-state index in [0.717, 1.165) is 15.8 Å². The molecule has 0 heterocycles. The van der Waals surface area contributed by atoms with Gasteiger partial charge in [0.05, 0.1) is 13.2 Å². The molecule has 0 unspecified atom stereocenters. The zero-order valence-electron chi connectivity index (χ0n) is 7.66. The van der Waals surface area contributed by atoms with Crippen LogP contribution in [0.4, 0.5) is 0 Å². The van der Waals surface area contributed by atoms with Gasteiger partial charge < -0.3 is 9.84 Å². The Morgan fingerprint density at radius 1 is 1.50 bits per heavy atom.